The maximum atomic E-state index is 11.5. The molecule has 0 bridgehead atoms. The SMILES string of the molecule is CSC(N)=NCCCCNc1ccc(C2=NNC(=O)CC2C)cc1[N+](=O)[O-].I. The number of amidine groups is 1. The van der Waals surface area contributed by atoms with Crippen LogP contribution in [0.1, 0.15) is 31.7 Å². The van der Waals surface area contributed by atoms with Crippen LogP contribution in [0.25, 0.3) is 0 Å². The van der Waals surface area contributed by atoms with E-state index in [0.29, 0.717) is 41.6 Å². The van der Waals surface area contributed by atoms with Crippen LogP contribution in [0.15, 0.2) is 28.3 Å². The summed E-state index contributed by atoms with van der Waals surface area (Å²) in [4.78, 5) is 26.6. The van der Waals surface area contributed by atoms with Crippen LogP contribution >= 0.6 is 35.7 Å². The van der Waals surface area contributed by atoms with Crippen LogP contribution in [0.3, 0.4) is 0 Å². The van der Waals surface area contributed by atoms with Gasteiger partial charge < -0.3 is 11.1 Å². The van der Waals surface area contributed by atoms with Gasteiger partial charge in [-0.3, -0.25) is 19.9 Å². The first kappa shape index (κ1) is 24.1. The predicted octanol–water partition coefficient (Wildman–Crippen LogP) is 2.94. The standard InChI is InChI=1S/C17H24N6O3S.HI/c1-11-9-15(24)21-22-16(11)12-5-6-13(14(10-12)23(25)26)19-7-3-4-8-20-17(18)27-2;/h5-6,10-11,19H,3-4,7-9H2,1-2H3,(H2,18,20)(H,21,24);1H. The van der Waals surface area contributed by atoms with Gasteiger partial charge in [0.15, 0.2) is 5.17 Å². The molecule has 9 nitrogen and oxygen atoms in total. The van der Waals surface area contributed by atoms with Gasteiger partial charge in [0.25, 0.3) is 5.69 Å². The predicted molar refractivity (Wildman–Crippen MR) is 125 cm³/mol. The van der Waals surface area contributed by atoms with Crippen LogP contribution in [0.2, 0.25) is 0 Å². The molecule has 0 aromatic heterocycles. The van der Waals surface area contributed by atoms with Gasteiger partial charge in [-0.1, -0.05) is 24.8 Å². The number of nitrogens with one attached hydrogen (secondary N) is 2. The number of hydrogen-bond donors (Lipinski definition) is 3. The number of hydrazone groups is 1. The number of carbonyl (C=O) groups is 1. The van der Waals surface area contributed by atoms with E-state index in [2.05, 4.69) is 20.8 Å². The zero-order valence-electron chi connectivity index (χ0n) is 15.8. The minimum absolute atomic E-state index is 0. The van der Waals surface area contributed by atoms with Crippen LogP contribution in [-0.2, 0) is 4.79 Å². The van der Waals surface area contributed by atoms with E-state index in [9.17, 15) is 14.9 Å². The number of nitrogens with zero attached hydrogens (tertiary/aromatic N) is 3. The molecular weight excluding hydrogens is 495 g/mol. The molecule has 1 amide bonds. The number of hydrogen-bond acceptors (Lipinski definition) is 7. The van der Waals surface area contributed by atoms with Crippen molar-refractivity contribution in [1.29, 1.82) is 0 Å². The Morgan fingerprint density at radius 2 is 2.25 bits per heavy atom. The van der Waals surface area contributed by atoms with Gasteiger partial charge in [0.1, 0.15) is 5.69 Å². The number of amides is 1. The largest absolute Gasteiger partial charge is 0.379 e. The average molecular weight is 520 g/mol. The Kier molecular flexibility index (Phi) is 10.2. The summed E-state index contributed by atoms with van der Waals surface area (Å²) in [5, 5.41) is 19.2. The fraction of sp³-hybridized carbons (Fsp3) is 0.471. The monoisotopic (exact) mass is 520 g/mol. The highest BCUT2D eigenvalue weighted by Crippen LogP contribution is 2.28. The lowest BCUT2D eigenvalue weighted by Crippen LogP contribution is -2.32. The normalized spacial score (nSPS) is 16.6. The van der Waals surface area contributed by atoms with Gasteiger partial charge in [-0.05, 0) is 25.2 Å². The summed E-state index contributed by atoms with van der Waals surface area (Å²) in [6.07, 6.45) is 3.85. The first-order chi connectivity index (χ1) is 12.9. The third-order valence-electron chi connectivity index (χ3n) is 4.13. The third kappa shape index (κ3) is 6.93. The number of nitro groups is 1. The highest BCUT2D eigenvalue weighted by Gasteiger charge is 2.24. The molecule has 0 aliphatic carbocycles. The number of anilines is 1. The zero-order valence-corrected chi connectivity index (χ0v) is 19.0. The number of carbonyl (C=O) groups excluding carboxylic acids is 1. The van der Waals surface area contributed by atoms with Gasteiger partial charge in [-0.2, -0.15) is 5.10 Å². The number of aliphatic imine (C=N–C) groups is 1. The van der Waals surface area contributed by atoms with Crippen molar-refractivity contribution in [2.24, 2.45) is 21.7 Å². The third-order valence-corrected chi connectivity index (χ3v) is 4.67. The highest BCUT2D eigenvalue weighted by atomic mass is 127. The average Bonchev–Trinajstić information content (AvgIpc) is 2.64. The van der Waals surface area contributed by atoms with Crippen molar-refractivity contribution in [3.05, 3.63) is 33.9 Å². The summed E-state index contributed by atoms with van der Waals surface area (Å²) in [5.41, 5.74) is 9.79. The summed E-state index contributed by atoms with van der Waals surface area (Å²) in [5.74, 6) is -0.242. The summed E-state index contributed by atoms with van der Waals surface area (Å²) in [6, 6.07) is 4.97. The van der Waals surface area contributed by atoms with E-state index in [4.69, 9.17) is 5.73 Å². The molecule has 1 aliphatic rings. The number of unbranched alkanes of at least 4 members (excludes halogenated alkanes) is 1. The summed E-state index contributed by atoms with van der Waals surface area (Å²) >= 11 is 1.41. The van der Waals surface area contributed by atoms with E-state index in [1.807, 2.05) is 13.2 Å². The summed E-state index contributed by atoms with van der Waals surface area (Å²) in [6.45, 7) is 3.11. The van der Waals surface area contributed by atoms with Crippen molar-refractivity contribution >= 4 is 63.9 Å². The van der Waals surface area contributed by atoms with Crippen molar-refractivity contribution in [1.82, 2.24) is 5.43 Å². The molecular formula is C17H25IN6O3S. The second-order valence-electron chi connectivity index (χ2n) is 6.18. The highest BCUT2D eigenvalue weighted by molar-refractivity contribution is 14.0. The maximum absolute atomic E-state index is 11.5. The number of thioether (sulfide) groups is 1. The minimum atomic E-state index is -0.415. The Bertz CT molecular complexity index is 771. The molecule has 2 rings (SSSR count). The zero-order chi connectivity index (χ0) is 19.8. The van der Waals surface area contributed by atoms with Gasteiger partial charge in [-0.15, -0.1) is 24.0 Å². The Balaban J connectivity index is 0.00000392. The fourth-order valence-electron chi connectivity index (χ4n) is 2.71. The molecule has 11 heteroatoms. The van der Waals surface area contributed by atoms with Crippen molar-refractivity contribution < 1.29 is 9.72 Å². The molecule has 1 unspecified atom stereocenters. The van der Waals surface area contributed by atoms with E-state index in [1.54, 1.807) is 12.1 Å². The second-order valence-corrected chi connectivity index (χ2v) is 7.01. The Morgan fingerprint density at radius 3 is 2.89 bits per heavy atom. The van der Waals surface area contributed by atoms with Crippen molar-refractivity contribution in [2.45, 2.75) is 26.2 Å². The van der Waals surface area contributed by atoms with E-state index >= 15 is 0 Å². The maximum Gasteiger partial charge on any atom is 0.292 e. The van der Waals surface area contributed by atoms with Gasteiger partial charge in [0.2, 0.25) is 5.91 Å². The quantitative estimate of drug-likeness (QED) is 0.121. The van der Waals surface area contributed by atoms with Gasteiger partial charge in [0.05, 0.1) is 10.6 Å². The van der Waals surface area contributed by atoms with Crippen LogP contribution in [0.4, 0.5) is 11.4 Å². The molecule has 4 N–H and O–H groups in total. The van der Waals surface area contributed by atoms with Gasteiger partial charge >= 0.3 is 0 Å². The first-order valence-electron chi connectivity index (χ1n) is 8.65. The molecule has 1 heterocycles. The summed E-state index contributed by atoms with van der Waals surface area (Å²) < 4.78 is 0. The number of nitrogens with two attached hydrogens (primary N) is 1. The molecule has 0 radical (unpaired) electrons. The van der Waals surface area contributed by atoms with Crippen molar-refractivity contribution in [3.8, 4) is 0 Å². The van der Waals surface area contributed by atoms with E-state index < -0.39 is 4.92 Å². The van der Waals surface area contributed by atoms with Crippen LogP contribution in [0.5, 0.6) is 0 Å². The molecule has 0 spiro atoms. The molecule has 1 aromatic rings. The number of halogens is 1. The molecule has 1 atom stereocenters. The van der Waals surface area contributed by atoms with E-state index in [1.165, 1.54) is 17.8 Å². The topological polar surface area (TPSA) is 135 Å². The number of nitro benzene ring substituents is 1. The van der Waals surface area contributed by atoms with Gasteiger partial charge in [-0.25, -0.2) is 5.43 Å². The molecule has 0 saturated carbocycles. The van der Waals surface area contributed by atoms with Crippen LogP contribution in [-0.4, -0.2) is 41.1 Å². The van der Waals surface area contributed by atoms with Gasteiger partial charge in [0, 0.05) is 37.1 Å². The fourth-order valence-corrected chi connectivity index (χ4v) is 2.93. The molecule has 28 heavy (non-hydrogen) atoms. The van der Waals surface area contributed by atoms with E-state index in [-0.39, 0.29) is 41.5 Å². The number of benzene rings is 1. The summed E-state index contributed by atoms with van der Waals surface area (Å²) in [7, 11) is 0. The lowest BCUT2D eigenvalue weighted by Gasteiger charge is -2.19. The Morgan fingerprint density at radius 1 is 1.50 bits per heavy atom. The Labute approximate surface area is 185 Å². The minimum Gasteiger partial charge on any atom is -0.379 e. The van der Waals surface area contributed by atoms with Crippen molar-refractivity contribution in [2.75, 3.05) is 24.7 Å². The Hall–Kier alpha value is -1.89. The van der Waals surface area contributed by atoms with Crippen LogP contribution < -0.4 is 16.5 Å². The smallest absolute Gasteiger partial charge is 0.292 e. The molecule has 1 aromatic carbocycles. The first-order valence-corrected chi connectivity index (χ1v) is 9.88. The molecule has 0 saturated heterocycles. The lowest BCUT2D eigenvalue weighted by molar-refractivity contribution is -0.384. The number of rotatable bonds is 8. The molecule has 1 aliphatic heterocycles. The van der Waals surface area contributed by atoms with E-state index in [0.717, 1.165) is 12.8 Å². The lowest BCUT2D eigenvalue weighted by atomic mass is 9.93. The van der Waals surface area contributed by atoms with Crippen LogP contribution in [0, 0.1) is 16.0 Å². The second kappa shape index (κ2) is 11.8. The molecule has 154 valence electrons. The van der Waals surface area contributed by atoms with Crippen molar-refractivity contribution in [3.63, 3.8) is 0 Å². The molecule has 0 fully saturated rings.